The van der Waals surface area contributed by atoms with Gasteiger partial charge in [-0.3, -0.25) is 9.59 Å². The highest BCUT2D eigenvalue weighted by atomic mass is 16.2. The van der Waals surface area contributed by atoms with Crippen molar-refractivity contribution in [1.82, 2.24) is 10.2 Å². The second-order valence-electron chi connectivity index (χ2n) is 5.72. The zero-order valence-electron chi connectivity index (χ0n) is 12.2. The van der Waals surface area contributed by atoms with Crippen LogP contribution in [0.15, 0.2) is 24.3 Å². The second-order valence-corrected chi connectivity index (χ2v) is 5.72. The van der Waals surface area contributed by atoms with Gasteiger partial charge in [-0.25, -0.2) is 0 Å². The molecule has 0 aliphatic carbocycles. The maximum Gasteiger partial charge on any atom is 0.253 e. The molecule has 1 aliphatic rings. The number of carbonyl (C=O) groups is 2. The fraction of sp³-hybridized carbons (Fsp3) is 0.467. The minimum absolute atomic E-state index is 0.0224. The van der Waals surface area contributed by atoms with E-state index in [1.165, 1.54) is 4.90 Å². The molecule has 1 fully saturated rings. The molecule has 0 bridgehead atoms. The van der Waals surface area contributed by atoms with E-state index < -0.39 is 0 Å². The Hall–Kier alpha value is -1.88. The minimum Gasteiger partial charge on any atom is -0.345 e. The molecule has 1 aromatic carbocycles. The van der Waals surface area contributed by atoms with Gasteiger partial charge in [-0.15, -0.1) is 0 Å². The van der Waals surface area contributed by atoms with Crippen LogP contribution in [0.4, 0.5) is 5.69 Å². The molecule has 5 heteroatoms. The van der Waals surface area contributed by atoms with Crippen LogP contribution in [0.2, 0.25) is 0 Å². The first kappa shape index (κ1) is 14.5. The Morgan fingerprint density at radius 2 is 1.90 bits per heavy atom. The van der Waals surface area contributed by atoms with Crippen LogP contribution in [-0.2, 0) is 4.79 Å². The molecule has 2 amide bonds. The average molecular weight is 275 g/mol. The van der Waals surface area contributed by atoms with Gasteiger partial charge in [0, 0.05) is 31.9 Å². The molecule has 20 heavy (non-hydrogen) atoms. The van der Waals surface area contributed by atoms with Crippen molar-refractivity contribution in [2.45, 2.75) is 13.3 Å². The van der Waals surface area contributed by atoms with Crippen molar-refractivity contribution in [2.75, 3.05) is 32.5 Å². The zero-order chi connectivity index (χ0) is 14.8. The molecule has 1 atom stereocenters. The van der Waals surface area contributed by atoms with Crippen LogP contribution in [0.25, 0.3) is 0 Å². The fourth-order valence-electron chi connectivity index (χ4n) is 2.25. The molecule has 1 aliphatic heterocycles. The highest BCUT2D eigenvalue weighted by Crippen LogP contribution is 2.26. The van der Waals surface area contributed by atoms with E-state index >= 15 is 0 Å². The van der Waals surface area contributed by atoms with Crippen molar-refractivity contribution in [3.05, 3.63) is 29.8 Å². The maximum atomic E-state index is 12.2. The summed E-state index contributed by atoms with van der Waals surface area (Å²) in [6, 6.07) is 6.99. The molecule has 1 aromatic rings. The first-order valence-corrected chi connectivity index (χ1v) is 6.76. The van der Waals surface area contributed by atoms with Crippen LogP contribution < -0.4 is 10.6 Å². The van der Waals surface area contributed by atoms with Crippen LogP contribution in [-0.4, -0.2) is 43.9 Å². The van der Waals surface area contributed by atoms with E-state index in [1.807, 2.05) is 6.92 Å². The Morgan fingerprint density at radius 3 is 2.40 bits per heavy atom. The van der Waals surface area contributed by atoms with Crippen LogP contribution in [0, 0.1) is 5.41 Å². The Labute approximate surface area is 119 Å². The van der Waals surface area contributed by atoms with Gasteiger partial charge in [-0.1, -0.05) is 0 Å². The first-order chi connectivity index (χ1) is 9.42. The Morgan fingerprint density at radius 1 is 1.25 bits per heavy atom. The summed E-state index contributed by atoms with van der Waals surface area (Å²) in [5.74, 6) is -0.0241. The lowest BCUT2D eigenvalue weighted by atomic mass is 9.89. The van der Waals surface area contributed by atoms with Crippen molar-refractivity contribution in [3.63, 3.8) is 0 Å². The van der Waals surface area contributed by atoms with Gasteiger partial charge >= 0.3 is 0 Å². The number of hydrogen-bond donors (Lipinski definition) is 2. The van der Waals surface area contributed by atoms with E-state index in [4.69, 9.17) is 0 Å². The van der Waals surface area contributed by atoms with Gasteiger partial charge in [0.25, 0.3) is 5.91 Å². The van der Waals surface area contributed by atoms with Gasteiger partial charge in [-0.2, -0.15) is 0 Å². The summed E-state index contributed by atoms with van der Waals surface area (Å²) >= 11 is 0. The normalized spacial score (nSPS) is 21.6. The Kier molecular flexibility index (Phi) is 4.09. The summed E-state index contributed by atoms with van der Waals surface area (Å²) in [5, 5.41) is 6.12. The maximum absolute atomic E-state index is 12.2. The number of carbonyl (C=O) groups excluding carboxylic acids is 2. The monoisotopic (exact) mass is 275 g/mol. The Balaban J connectivity index is 2.04. The number of amides is 2. The van der Waals surface area contributed by atoms with Gasteiger partial charge in [-0.05, 0) is 44.2 Å². The fourth-order valence-corrected chi connectivity index (χ4v) is 2.25. The SMILES string of the molecule is CN(C)C(=O)c1ccc(NC(=O)C2(C)CCNC2)cc1. The van der Waals surface area contributed by atoms with Crippen LogP contribution in [0.5, 0.6) is 0 Å². The molecule has 1 unspecified atom stereocenters. The van der Waals surface area contributed by atoms with Crippen molar-refractivity contribution in [1.29, 1.82) is 0 Å². The molecular formula is C15H21N3O2. The first-order valence-electron chi connectivity index (χ1n) is 6.76. The number of rotatable bonds is 3. The van der Waals surface area contributed by atoms with Gasteiger partial charge in [0.05, 0.1) is 5.41 Å². The summed E-state index contributed by atoms with van der Waals surface area (Å²) in [5.41, 5.74) is 0.984. The molecule has 1 saturated heterocycles. The summed E-state index contributed by atoms with van der Waals surface area (Å²) in [6.07, 6.45) is 0.843. The molecule has 0 aromatic heterocycles. The molecule has 2 N–H and O–H groups in total. The van der Waals surface area contributed by atoms with E-state index in [2.05, 4.69) is 10.6 Å². The molecule has 5 nitrogen and oxygen atoms in total. The van der Waals surface area contributed by atoms with Gasteiger partial charge in [0.2, 0.25) is 5.91 Å². The predicted octanol–water partition coefficient (Wildman–Crippen LogP) is 1.33. The number of nitrogens with zero attached hydrogens (tertiary/aromatic N) is 1. The topological polar surface area (TPSA) is 61.4 Å². The standard InChI is InChI=1S/C15H21N3O2/c1-15(8-9-16-10-15)14(20)17-12-6-4-11(5-7-12)13(19)18(2)3/h4-7,16H,8-10H2,1-3H3,(H,17,20). The van der Waals surface area contributed by atoms with E-state index in [1.54, 1.807) is 38.4 Å². The number of benzene rings is 1. The second kappa shape index (κ2) is 5.63. The van der Waals surface area contributed by atoms with Gasteiger partial charge in [0.1, 0.15) is 0 Å². The third-order valence-corrected chi connectivity index (χ3v) is 3.71. The number of anilines is 1. The number of hydrogen-bond acceptors (Lipinski definition) is 3. The van der Waals surface area contributed by atoms with E-state index in [9.17, 15) is 9.59 Å². The summed E-state index contributed by atoms with van der Waals surface area (Å²) in [4.78, 5) is 25.5. The minimum atomic E-state index is -0.349. The van der Waals surface area contributed by atoms with E-state index in [0.717, 1.165) is 18.7 Å². The number of nitrogens with one attached hydrogen (secondary N) is 2. The van der Waals surface area contributed by atoms with Crippen molar-refractivity contribution in [3.8, 4) is 0 Å². The lowest BCUT2D eigenvalue weighted by Crippen LogP contribution is -2.35. The highest BCUT2D eigenvalue weighted by Gasteiger charge is 2.36. The van der Waals surface area contributed by atoms with E-state index in [-0.39, 0.29) is 17.2 Å². The third kappa shape index (κ3) is 2.99. The largest absolute Gasteiger partial charge is 0.345 e. The summed E-state index contributed by atoms with van der Waals surface area (Å²) in [7, 11) is 3.43. The van der Waals surface area contributed by atoms with Crippen LogP contribution in [0.3, 0.4) is 0 Å². The average Bonchev–Trinajstić information content (AvgIpc) is 2.87. The lowest BCUT2D eigenvalue weighted by molar-refractivity contribution is -0.123. The molecule has 0 spiro atoms. The highest BCUT2D eigenvalue weighted by molar-refractivity contribution is 5.97. The van der Waals surface area contributed by atoms with Crippen molar-refractivity contribution >= 4 is 17.5 Å². The molecule has 2 rings (SSSR count). The van der Waals surface area contributed by atoms with Gasteiger partial charge in [0.15, 0.2) is 0 Å². The quantitative estimate of drug-likeness (QED) is 0.875. The third-order valence-electron chi connectivity index (χ3n) is 3.71. The van der Waals surface area contributed by atoms with Crippen LogP contribution in [0.1, 0.15) is 23.7 Å². The zero-order valence-corrected chi connectivity index (χ0v) is 12.2. The smallest absolute Gasteiger partial charge is 0.253 e. The predicted molar refractivity (Wildman–Crippen MR) is 78.7 cm³/mol. The lowest BCUT2D eigenvalue weighted by Gasteiger charge is -2.21. The van der Waals surface area contributed by atoms with E-state index in [0.29, 0.717) is 12.1 Å². The molecule has 1 heterocycles. The van der Waals surface area contributed by atoms with Crippen molar-refractivity contribution in [2.24, 2.45) is 5.41 Å². The van der Waals surface area contributed by atoms with Crippen LogP contribution >= 0.6 is 0 Å². The molecule has 0 radical (unpaired) electrons. The summed E-state index contributed by atoms with van der Waals surface area (Å²) < 4.78 is 0. The molecular weight excluding hydrogens is 254 g/mol. The van der Waals surface area contributed by atoms with Crippen molar-refractivity contribution < 1.29 is 9.59 Å². The Bertz CT molecular complexity index is 502. The molecule has 108 valence electrons. The molecule has 0 saturated carbocycles. The summed E-state index contributed by atoms with van der Waals surface area (Å²) in [6.45, 7) is 3.54. The van der Waals surface area contributed by atoms with Gasteiger partial charge < -0.3 is 15.5 Å².